The van der Waals surface area contributed by atoms with E-state index in [0.29, 0.717) is 28.5 Å². The van der Waals surface area contributed by atoms with Crippen LogP contribution in [0, 0.1) is 11.3 Å². The molecule has 2 aromatic carbocycles. The number of rotatable bonds is 3. The van der Waals surface area contributed by atoms with E-state index in [9.17, 15) is 0 Å². The van der Waals surface area contributed by atoms with Crippen molar-refractivity contribution in [2.24, 2.45) is 0 Å². The number of ether oxygens (including phenoxy) is 2. The Kier molecular flexibility index (Phi) is 3.93. The number of anilines is 1. The van der Waals surface area contributed by atoms with Gasteiger partial charge in [-0.15, -0.1) is 0 Å². The molecule has 0 amide bonds. The first kappa shape index (κ1) is 13.2. The number of methoxy groups -OCH3 is 1. The minimum Gasteiger partial charge on any atom is -0.497 e. The number of benzene rings is 2. The number of halogens is 1. The van der Waals surface area contributed by atoms with Crippen molar-refractivity contribution in [3.63, 3.8) is 0 Å². The zero-order chi connectivity index (χ0) is 13.8. The number of nitrogens with zero attached hydrogens (tertiary/aromatic N) is 1. The van der Waals surface area contributed by atoms with E-state index in [1.807, 2.05) is 0 Å². The van der Waals surface area contributed by atoms with Gasteiger partial charge >= 0.3 is 0 Å². The fourth-order valence-corrected chi connectivity index (χ4v) is 2.02. The molecule has 0 aliphatic rings. The Labute approximate surface area is 119 Å². The molecule has 0 saturated heterocycles. The molecule has 0 heterocycles. The molecule has 0 saturated carbocycles. The first-order valence-corrected chi connectivity index (χ1v) is 6.23. The Morgan fingerprint density at radius 2 is 1.89 bits per heavy atom. The van der Waals surface area contributed by atoms with E-state index in [-0.39, 0.29) is 0 Å². The maximum atomic E-state index is 8.95. The van der Waals surface area contributed by atoms with Crippen LogP contribution in [-0.2, 0) is 0 Å². The first-order valence-electron chi connectivity index (χ1n) is 5.44. The number of hydrogen-bond donors (Lipinski definition) is 1. The zero-order valence-corrected chi connectivity index (χ0v) is 11.8. The van der Waals surface area contributed by atoms with Gasteiger partial charge < -0.3 is 15.2 Å². The summed E-state index contributed by atoms with van der Waals surface area (Å²) < 4.78 is 11.6. The predicted octanol–water partition coefficient (Wildman–Crippen LogP) is 3.70. The van der Waals surface area contributed by atoms with Crippen LogP contribution in [0.2, 0.25) is 0 Å². The highest BCUT2D eigenvalue weighted by Crippen LogP contribution is 2.33. The van der Waals surface area contributed by atoms with E-state index in [0.717, 1.165) is 4.47 Å². The monoisotopic (exact) mass is 318 g/mol. The van der Waals surface area contributed by atoms with Crippen molar-refractivity contribution in [3.8, 4) is 23.3 Å². The average molecular weight is 319 g/mol. The summed E-state index contributed by atoms with van der Waals surface area (Å²) in [4.78, 5) is 0. The minimum absolute atomic E-state index is 0.473. The van der Waals surface area contributed by atoms with Gasteiger partial charge in [-0.3, -0.25) is 0 Å². The van der Waals surface area contributed by atoms with Crippen molar-refractivity contribution < 1.29 is 9.47 Å². The molecule has 5 heteroatoms. The molecule has 2 N–H and O–H groups in total. The standard InChI is InChI=1S/C14H11BrN2O2/c1-18-11-4-9(8-16)5-12(7-11)19-14-3-2-10(17)6-13(14)15/h2-7H,17H2,1H3. The lowest BCUT2D eigenvalue weighted by molar-refractivity contribution is 0.408. The Hall–Kier alpha value is -2.19. The highest BCUT2D eigenvalue weighted by Gasteiger charge is 2.06. The van der Waals surface area contributed by atoms with Gasteiger partial charge in [0.05, 0.1) is 23.2 Å². The molecule has 2 rings (SSSR count). The zero-order valence-electron chi connectivity index (χ0n) is 10.2. The van der Waals surface area contributed by atoms with Crippen molar-refractivity contribution in [1.29, 1.82) is 5.26 Å². The lowest BCUT2D eigenvalue weighted by atomic mass is 10.2. The molecule has 0 spiro atoms. The predicted molar refractivity (Wildman–Crippen MR) is 76.3 cm³/mol. The third-order valence-electron chi connectivity index (χ3n) is 2.43. The third kappa shape index (κ3) is 3.18. The second-order valence-electron chi connectivity index (χ2n) is 3.80. The molecule has 0 atom stereocenters. The fourth-order valence-electron chi connectivity index (χ4n) is 1.54. The lowest BCUT2D eigenvalue weighted by Gasteiger charge is -2.10. The van der Waals surface area contributed by atoms with Crippen LogP contribution in [0.25, 0.3) is 0 Å². The third-order valence-corrected chi connectivity index (χ3v) is 3.05. The Morgan fingerprint density at radius 3 is 2.53 bits per heavy atom. The van der Waals surface area contributed by atoms with Gasteiger partial charge in [0.2, 0.25) is 0 Å². The van der Waals surface area contributed by atoms with Crippen molar-refractivity contribution in [3.05, 3.63) is 46.4 Å². The van der Waals surface area contributed by atoms with E-state index in [1.54, 1.807) is 43.5 Å². The molecule has 0 aromatic heterocycles. The molecule has 0 aliphatic heterocycles. The van der Waals surface area contributed by atoms with Crippen LogP contribution in [0.5, 0.6) is 17.2 Å². The van der Waals surface area contributed by atoms with Gasteiger partial charge in [-0.2, -0.15) is 5.26 Å². The largest absolute Gasteiger partial charge is 0.497 e. The summed E-state index contributed by atoms with van der Waals surface area (Å²) >= 11 is 3.37. The van der Waals surface area contributed by atoms with Crippen LogP contribution < -0.4 is 15.2 Å². The van der Waals surface area contributed by atoms with Crippen LogP contribution >= 0.6 is 15.9 Å². The van der Waals surface area contributed by atoms with Gasteiger partial charge in [0.1, 0.15) is 17.2 Å². The van der Waals surface area contributed by atoms with Crippen LogP contribution in [0.4, 0.5) is 5.69 Å². The molecule has 0 radical (unpaired) electrons. The normalized spacial score (nSPS) is 9.74. The SMILES string of the molecule is COc1cc(C#N)cc(Oc2ccc(N)cc2Br)c1. The molecule has 0 unspecified atom stereocenters. The van der Waals surface area contributed by atoms with Gasteiger partial charge in [0.15, 0.2) is 0 Å². The van der Waals surface area contributed by atoms with Crippen LogP contribution in [0.3, 0.4) is 0 Å². The molecule has 19 heavy (non-hydrogen) atoms. The van der Waals surface area contributed by atoms with Crippen LogP contribution in [0.15, 0.2) is 40.9 Å². The molecule has 96 valence electrons. The summed E-state index contributed by atoms with van der Waals surface area (Å²) in [5, 5.41) is 8.95. The average Bonchev–Trinajstić information content (AvgIpc) is 2.41. The van der Waals surface area contributed by atoms with Gasteiger partial charge in [-0.1, -0.05) is 0 Å². The Bertz CT molecular complexity index is 650. The molecular weight excluding hydrogens is 308 g/mol. The Morgan fingerprint density at radius 1 is 1.16 bits per heavy atom. The van der Waals surface area contributed by atoms with Crippen LogP contribution in [-0.4, -0.2) is 7.11 Å². The topological polar surface area (TPSA) is 68.3 Å². The summed E-state index contributed by atoms with van der Waals surface area (Å²) in [6.07, 6.45) is 0. The van der Waals surface area contributed by atoms with Gasteiger partial charge in [-0.25, -0.2) is 0 Å². The molecule has 0 aliphatic carbocycles. The highest BCUT2D eigenvalue weighted by molar-refractivity contribution is 9.10. The molecule has 4 nitrogen and oxygen atoms in total. The molecule has 0 bridgehead atoms. The van der Waals surface area contributed by atoms with Gasteiger partial charge in [0.25, 0.3) is 0 Å². The quantitative estimate of drug-likeness (QED) is 0.876. The summed E-state index contributed by atoms with van der Waals surface area (Å²) in [5.41, 5.74) is 6.78. The van der Waals surface area contributed by atoms with E-state index in [2.05, 4.69) is 22.0 Å². The summed E-state index contributed by atoms with van der Waals surface area (Å²) in [6, 6.07) is 12.3. The number of nitrogens with two attached hydrogens (primary N) is 1. The maximum Gasteiger partial charge on any atom is 0.141 e. The van der Waals surface area contributed by atoms with E-state index in [1.165, 1.54) is 0 Å². The number of nitriles is 1. The highest BCUT2D eigenvalue weighted by atomic mass is 79.9. The van der Waals surface area contributed by atoms with Crippen molar-refractivity contribution in [2.45, 2.75) is 0 Å². The molecule has 0 fully saturated rings. The second kappa shape index (κ2) is 5.63. The van der Waals surface area contributed by atoms with Crippen LogP contribution in [0.1, 0.15) is 5.56 Å². The van der Waals surface area contributed by atoms with E-state index >= 15 is 0 Å². The van der Waals surface area contributed by atoms with E-state index in [4.69, 9.17) is 20.5 Å². The van der Waals surface area contributed by atoms with E-state index < -0.39 is 0 Å². The summed E-state index contributed by atoms with van der Waals surface area (Å²) in [7, 11) is 1.54. The Balaban J connectivity index is 2.35. The van der Waals surface area contributed by atoms with Crippen molar-refractivity contribution in [1.82, 2.24) is 0 Å². The smallest absolute Gasteiger partial charge is 0.141 e. The van der Waals surface area contributed by atoms with Crippen molar-refractivity contribution in [2.75, 3.05) is 12.8 Å². The minimum atomic E-state index is 0.473. The number of hydrogen-bond acceptors (Lipinski definition) is 4. The molecule has 2 aromatic rings. The number of nitrogen functional groups attached to an aromatic ring is 1. The summed E-state index contributed by atoms with van der Waals surface area (Å²) in [5.74, 6) is 1.72. The molecular formula is C14H11BrN2O2. The fraction of sp³-hybridized carbons (Fsp3) is 0.0714. The second-order valence-corrected chi connectivity index (χ2v) is 4.66. The van der Waals surface area contributed by atoms with Gasteiger partial charge in [0, 0.05) is 11.8 Å². The van der Waals surface area contributed by atoms with Gasteiger partial charge in [-0.05, 0) is 46.3 Å². The maximum absolute atomic E-state index is 8.95. The lowest BCUT2D eigenvalue weighted by Crippen LogP contribution is -1.91. The van der Waals surface area contributed by atoms with Crippen molar-refractivity contribution >= 4 is 21.6 Å². The summed E-state index contributed by atoms with van der Waals surface area (Å²) in [6.45, 7) is 0. The first-order chi connectivity index (χ1) is 9.12.